The molecule has 2 saturated heterocycles. The van der Waals surface area contributed by atoms with Gasteiger partial charge in [-0.3, -0.25) is 24.4 Å². The van der Waals surface area contributed by atoms with E-state index in [0.717, 1.165) is 70.4 Å². The molecule has 1 saturated carbocycles. The minimum Gasteiger partial charge on any atom is -0.315 e. The largest absolute Gasteiger partial charge is 0.315 e. The zero-order valence-corrected chi connectivity index (χ0v) is 21.6. The molecule has 2 aromatic heterocycles. The Balaban J connectivity index is 1.36. The molecule has 0 spiro atoms. The number of hydrogen-bond donors (Lipinski definition) is 1. The Bertz CT molecular complexity index is 1320. The number of amides is 2. The van der Waals surface area contributed by atoms with Crippen molar-refractivity contribution in [3.63, 3.8) is 0 Å². The summed E-state index contributed by atoms with van der Waals surface area (Å²) in [5.41, 5.74) is 5.61. The lowest BCUT2D eigenvalue weighted by molar-refractivity contribution is -0.141. The Morgan fingerprint density at radius 1 is 1.14 bits per heavy atom. The smallest absolute Gasteiger partial charge is 0.233 e. The number of nitrogens with zero attached hydrogens (tertiary/aromatic N) is 3. The van der Waals surface area contributed by atoms with Crippen LogP contribution in [0.2, 0.25) is 5.02 Å². The van der Waals surface area contributed by atoms with Crippen LogP contribution in [0.15, 0.2) is 30.5 Å². The highest BCUT2D eigenvalue weighted by molar-refractivity contribution is 7.19. The van der Waals surface area contributed by atoms with Crippen molar-refractivity contribution >= 4 is 45.0 Å². The van der Waals surface area contributed by atoms with Crippen LogP contribution in [-0.2, 0) is 22.7 Å². The first-order valence-corrected chi connectivity index (χ1v) is 13.5. The Labute approximate surface area is 214 Å². The Kier molecular flexibility index (Phi) is 5.92. The zero-order valence-electron chi connectivity index (χ0n) is 20.0. The first-order chi connectivity index (χ1) is 16.9. The number of thiophene rings is 1. The van der Waals surface area contributed by atoms with E-state index < -0.39 is 0 Å². The molecule has 35 heavy (non-hydrogen) atoms. The number of likely N-dealkylation sites (tertiary alicyclic amines) is 1. The standard InChI is InChI=1S/C27H29ClN4O2S/c1-15-11-29-5-6-31(12-15)14-23-16(2)7-17(28)8-20(23)19-3-4-30-24-9-18(35-25(19)24)13-32-26(33)21-10-22(21)27(32)34/h3-4,7-9,15,21-22,29H,5-6,10-14H2,1-2H3. The van der Waals surface area contributed by atoms with E-state index in [1.54, 1.807) is 11.3 Å². The summed E-state index contributed by atoms with van der Waals surface area (Å²) in [5.74, 6) is 0.432. The van der Waals surface area contributed by atoms with E-state index in [4.69, 9.17) is 11.6 Å². The number of aromatic nitrogens is 1. The maximum Gasteiger partial charge on any atom is 0.233 e. The van der Waals surface area contributed by atoms with Crippen molar-refractivity contribution in [1.82, 2.24) is 20.1 Å². The SMILES string of the molecule is Cc1cc(Cl)cc(-c2ccnc3cc(CN4C(=O)C5CC5C4=O)sc23)c1CN1CCNCC(C)C1. The number of benzene rings is 1. The Morgan fingerprint density at radius 3 is 2.74 bits per heavy atom. The first-order valence-electron chi connectivity index (χ1n) is 12.3. The number of nitrogens with one attached hydrogen (secondary N) is 1. The van der Waals surface area contributed by atoms with Gasteiger partial charge in [0.1, 0.15) is 0 Å². The normalized spacial score (nSPS) is 24.8. The molecule has 6 rings (SSSR count). The second-order valence-electron chi connectivity index (χ2n) is 10.3. The van der Waals surface area contributed by atoms with Crippen molar-refractivity contribution in [2.24, 2.45) is 17.8 Å². The first kappa shape index (κ1) is 23.1. The molecule has 0 bridgehead atoms. The van der Waals surface area contributed by atoms with Gasteiger partial charge in [-0.25, -0.2) is 0 Å². The van der Waals surface area contributed by atoms with Crippen molar-refractivity contribution in [2.45, 2.75) is 33.4 Å². The van der Waals surface area contributed by atoms with Crippen LogP contribution in [0.4, 0.5) is 0 Å². The van der Waals surface area contributed by atoms with E-state index in [-0.39, 0.29) is 23.7 Å². The molecule has 8 heteroatoms. The van der Waals surface area contributed by atoms with Gasteiger partial charge in [0.15, 0.2) is 0 Å². The monoisotopic (exact) mass is 508 g/mol. The summed E-state index contributed by atoms with van der Waals surface area (Å²) < 4.78 is 1.07. The fraction of sp³-hybridized carbons (Fsp3) is 0.444. The maximum absolute atomic E-state index is 12.5. The van der Waals surface area contributed by atoms with Gasteiger partial charge in [0.25, 0.3) is 0 Å². The lowest BCUT2D eigenvalue weighted by atomic mass is 9.95. The number of rotatable bonds is 5. The number of aryl methyl sites for hydroxylation is 1. The van der Waals surface area contributed by atoms with Crippen LogP contribution >= 0.6 is 22.9 Å². The molecule has 2 aliphatic heterocycles. The highest BCUT2D eigenvalue weighted by Crippen LogP contribution is 2.48. The molecule has 4 heterocycles. The van der Waals surface area contributed by atoms with Crippen molar-refractivity contribution < 1.29 is 9.59 Å². The van der Waals surface area contributed by atoms with E-state index in [9.17, 15) is 9.59 Å². The van der Waals surface area contributed by atoms with Crippen LogP contribution in [0.5, 0.6) is 0 Å². The van der Waals surface area contributed by atoms with Gasteiger partial charge in [-0.1, -0.05) is 18.5 Å². The summed E-state index contributed by atoms with van der Waals surface area (Å²) in [6.45, 7) is 9.75. The number of halogens is 1. The number of piperidine rings is 1. The third-order valence-corrected chi connectivity index (χ3v) is 8.87. The minimum absolute atomic E-state index is 0.0143. The number of fused-ring (bicyclic) bond motifs is 2. The molecule has 6 nitrogen and oxygen atoms in total. The number of hydrogen-bond acceptors (Lipinski definition) is 6. The number of carbonyl (C=O) groups excluding carboxylic acids is 2. The molecule has 3 fully saturated rings. The maximum atomic E-state index is 12.5. The highest BCUT2D eigenvalue weighted by Gasteiger charge is 2.58. The van der Waals surface area contributed by atoms with Crippen LogP contribution in [-0.4, -0.2) is 52.8 Å². The number of pyridine rings is 1. The van der Waals surface area contributed by atoms with Gasteiger partial charge in [0, 0.05) is 47.8 Å². The molecular weight excluding hydrogens is 480 g/mol. The molecule has 3 unspecified atom stereocenters. The van der Waals surface area contributed by atoms with E-state index in [0.29, 0.717) is 12.5 Å². The van der Waals surface area contributed by atoms with Crippen molar-refractivity contribution in [2.75, 3.05) is 26.2 Å². The van der Waals surface area contributed by atoms with Gasteiger partial charge in [0.05, 0.1) is 28.6 Å². The fourth-order valence-corrected chi connectivity index (χ4v) is 7.01. The average Bonchev–Trinajstić information content (AvgIpc) is 3.51. The quantitative estimate of drug-likeness (QED) is 0.515. The summed E-state index contributed by atoms with van der Waals surface area (Å²) in [4.78, 5) is 34.5. The fourth-order valence-electron chi connectivity index (χ4n) is 5.61. The molecule has 1 aromatic carbocycles. The topological polar surface area (TPSA) is 65.5 Å². The van der Waals surface area contributed by atoms with Gasteiger partial charge < -0.3 is 5.32 Å². The van der Waals surface area contributed by atoms with Crippen LogP contribution in [0.1, 0.15) is 29.3 Å². The average molecular weight is 509 g/mol. The summed E-state index contributed by atoms with van der Waals surface area (Å²) in [6, 6.07) is 8.20. The number of carbonyl (C=O) groups is 2. The van der Waals surface area contributed by atoms with Crippen molar-refractivity contribution in [3.8, 4) is 11.1 Å². The highest BCUT2D eigenvalue weighted by atomic mass is 35.5. The zero-order chi connectivity index (χ0) is 24.3. The summed E-state index contributed by atoms with van der Waals surface area (Å²) >= 11 is 8.19. The molecular formula is C27H29ClN4O2S. The summed E-state index contributed by atoms with van der Waals surface area (Å²) in [6.07, 6.45) is 2.57. The van der Waals surface area contributed by atoms with Crippen LogP contribution in [0.25, 0.3) is 21.3 Å². The second kappa shape index (κ2) is 8.96. The van der Waals surface area contributed by atoms with Crippen molar-refractivity contribution in [1.29, 1.82) is 0 Å². The van der Waals surface area contributed by atoms with Crippen LogP contribution in [0.3, 0.4) is 0 Å². The van der Waals surface area contributed by atoms with Crippen LogP contribution in [0, 0.1) is 24.7 Å². The van der Waals surface area contributed by atoms with Gasteiger partial charge >= 0.3 is 0 Å². The predicted molar refractivity (Wildman–Crippen MR) is 139 cm³/mol. The van der Waals surface area contributed by atoms with E-state index in [1.165, 1.54) is 16.0 Å². The molecule has 3 aliphatic rings. The molecule has 1 aliphatic carbocycles. The molecule has 3 atom stereocenters. The van der Waals surface area contributed by atoms with Crippen LogP contribution < -0.4 is 5.32 Å². The van der Waals surface area contributed by atoms with Gasteiger partial charge in [-0.15, -0.1) is 11.3 Å². The van der Waals surface area contributed by atoms with Gasteiger partial charge in [-0.2, -0.15) is 0 Å². The van der Waals surface area contributed by atoms with Gasteiger partial charge in [0.2, 0.25) is 11.8 Å². The van der Waals surface area contributed by atoms with Crippen molar-refractivity contribution in [3.05, 3.63) is 51.5 Å². The van der Waals surface area contributed by atoms with E-state index >= 15 is 0 Å². The molecule has 0 radical (unpaired) electrons. The lowest BCUT2D eigenvalue weighted by Gasteiger charge is -2.25. The molecule has 182 valence electrons. The summed E-state index contributed by atoms with van der Waals surface area (Å²) in [5, 5.41) is 4.25. The number of imide groups is 1. The molecule has 2 amide bonds. The second-order valence-corrected chi connectivity index (χ2v) is 11.9. The molecule has 3 aromatic rings. The Hall–Kier alpha value is -2.32. The predicted octanol–water partition coefficient (Wildman–Crippen LogP) is 4.47. The third kappa shape index (κ3) is 4.29. The summed E-state index contributed by atoms with van der Waals surface area (Å²) in [7, 11) is 0. The third-order valence-electron chi connectivity index (χ3n) is 7.51. The van der Waals surface area contributed by atoms with E-state index in [1.807, 2.05) is 18.3 Å². The van der Waals surface area contributed by atoms with E-state index in [2.05, 4.69) is 41.2 Å². The minimum atomic E-state index is -0.0699. The molecule has 1 N–H and O–H groups in total. The Morgan fingerprint density at radius 2 is 1.94 bits per heavy atom. The lowest BCUT2D eigenvalue weighted by Crippen LogP contribution is -2.31. The van der Waals surface area contributed by atoms with Gasteiger partial charge in [-0.05, 0) is 66.8 Å².